The fourth-order valence-electron chi connectivity index (χ4n) is 5.96. The Kier molecular flexibility index (Phi) is 7.78. The molecule has 4 heteroatoms. The molecule has 3 aromatic rings. The van der Waals surface area contributed by atoms with Crippen molar-refractivity contribution in [2.75, 3.05) is 31.1 Å². The minimum atomic E-state index is -0.260. The van der Waals surface area contributed by atoms with E-state index in [9.17, 15) is 9.18 Å². The molecule has 0 radical (unpaired) electrons. The van der Waals surface area contributed by atoms with Gasteiger partial charge in [0.05, 0.1) is 0 Å². The highest BCUT2D eigenvalue weighted by molar-refractivity contribution is 5.93. The summed E-state index contributed by atoms with van der Waals surface area (Å²) in [6.45, 7) is 3.62. The molecule has 1 saturated heterocycles. The Labute approximate surface area is 208 Å². The average Bonchev–Trinajstić information content (AvgIpc) is 2.90. The number of hydrogen-bond acceptors (Lipinski definition) is 2. The largest absolute Gasteiger partial charge is 0.311 e. The Hall–Kier alpha value is -2.72. The maximum Gasteiger partial charge on any atom is 0.227 e. The summed E-state index contributed by atoms with van der Waals surface area (Å²) in [5.41, 5.74) is 2.26. The third-order valence-electron chi connectivity index (χ3n) is 8.10. The van der Waals surface area contributed by atoms with Crippen LogP contribution in [0, 0.1) is 11.7 Å². The number of anilines is 1. The first-order valence-electron chi connectivity index (χ1n) is 13.4. The lowest BCUT2D eigenvalue weighted by molar-refractivity contribution is -0.119. The summed E-state index contributed by atoms with van der Waals surface area (Å²) in [6.07, 6.45) is 8.98. The molecule has 1 saturated carbocycles. The number of carbonyl (C=O) groups is 1. The van der Waals surface area contributed by atoms with Crippen LogP contribution in [0.25, 0.3) is 10.8 Å². The zero-order chi connectivity index (χ0) is 24.0. The third kappa shape index (κ3) is 6.10. The van der Waals surface area contributed by atoms with E-state index in [0.717, 1.165) is 51.0 Å². The van der Waals surface area contributed by atoms with Gasteiger partial charge >= 0.3 is 0 Å². The summed E-state index contributed by atoms with van der Waals surface area (Å²) < 4.78 is 13.6. The highest BCUT2D eigenvalue weighted by atomic mass is 19.1. The van der Waals surface area contributed by atoms with Crippen LogP contribution in [0.3, 0.4) is 0 Å². The lowest BCUT2D eigenvalue weighted by atomic mass is 9.86. The predicted molar refractivity (Wildman–Crippen MR) is 142 cm³/mol. The van der Waals surface area contributed by atoms with E-state index in [0.29, 0.717) is 24.8 Å². The molecule has 35 heavy (non-hydrogen) atoms. The van der Waals surface area contributed by atoms with E-state index in [-0.39, 0.29) is 11.7 Å². The molecule has 2 fully saturated rings. The molecular weight excluding hydrogens is 435 g/mol. The summed E-state index contributed by atoms with van der Waals surface area (Å²) >= 11 is 0. The lowest BCUT2D eigenvalue weighted by Crippen LogP contribution is -2.42. The summed E-state index contributed by atoms with van der Waals surface area (Å²) in [6, 6.07) is 21.9. The topological polar surface area (TPSA) is 23.6 Å². The first-order valence-corrected chi connectivity index (χ1v) is 13.4. The molecule has 1 heterocycles. The molecule has 0 unspecified atom stereocenters. The fourth-order valence-corrected chi connectivity index (χ4v) is 5.96. The van der Waals surface area contributed by atoms with Crippen molar-refractivity contribution in [3.8, 4) is 0 Å². The summed E-state index contributed by atoms with van der Waals surface area (Å²) in [4.78, 5) is 17.7. The molecule has 1 aliphatic carbocycles. The van der Waals surface area contributed by atoms with Gasteiger partial charge in [0.15, 0.2) is 0 Å². The second-order valence-electron chi connectivity index (χ2n) is 10.5. The minimum Gasteiger partial charge on any atom is -0.311 e. The van der Waals surface area contributed by atoms with Gasteiger partial charge in [-0.25, -0.2) is 4.39 Å². The van der Waals surface area contributed by atoms with E-state index in [2.05, 4.69) is 47.4 Å². The standard InChI is InChI=1S/C31H37FN2O/c32-29-12-14-30(15-13-29)34(31(35)22-24-6-2-1-3-7-24)21-20-33-18-16-26(17-19-33)28-11-10-25-8-4-5-9-27(25)23-28/h4-5,8-15,23-24,26H,1-3,6-7,16-22H2. The molecule has 1 amide bonds. The minimum absolute atomic E-state index is 0.189. The van der Waals surface area contributed by atoms with E-state index in [1.54, 1.807) is 12.1 Å². The van der Waals surface area contributed by atoms with Crippen LogP contribution in [0.15, 0.2) is 66.7 Å². The highest BCUT2D eigenvalue weighted by Crippen LogP contribution is 2.31. The molecule has 0 N–H and O–H groups in total. The first kappa shape index (κ1) is 24.0. The Morgan fingerprint density at radius 2 is 1.57 bits per heavy atom. The van der Waals surface area contributed by atoms with Crippen molar-refractivity contribution in [1.82, 2.24) is 4.90 Å². The van der Waals surface area contributed by atoms with Crippen LogP contribution in [-0.2, 0) is 4.79 Å². The lowest BCUT2D eigenvalue weighted by Gasteiger charge is -2.34. The SMILES string of the molecule is O=C(CC1CCCCC1)N(CCN1CCC(c2ccc3ccccc3c2)CC1)c1ccc(F)cc1. The number of benzene rings is 3. The second-order valence-corrected chi connectivity index (χ2v) is 10.5. The number of piperidine rings is 1. The smallest absolute Gasteiger partial charge is 0.227 e. The Morgan fingerprint density at radius 1 is 0.857 bits per heavy atom. The van der Waals surface area contributed by atoms with E-state index in [4.69, 9.17) is 0 Å². The monoisotopic (exact) mass is 472 g/mol. The average molecular weight is 473 g/mol. The predicted octanol–water partition coefficient (Wildman–Crippen LogP) is 7.16. The van der Waals surface area contributed by atoms with Crippen molar-refractivity contribution in [2.45, 2.75) is 57.3 Å². The summed E-state index contributed by atoms with van der Waals surface area (Å²) in [5, 5.41) is 2.62. The molecule has 2 aliphatic rings. The molecular formula is C31H37FN2O. The van der Waals surface area contributed by atoms with Crippen molar-refractivity contribution in [3.63, 3.8) is 0 Å². The molecule has 1 aliphatic heterocycles. The Morgan fingerprint density at radius 3 is 2.31 bits per heavy atom. The van der Waals surface area contributed by atoms with Gasteiger partial charge in [-0.05, 0) is 91.2 Å². The zero-order valence-corrected chi connectivity index (χ0v) is 20.7. The molecule has 3 aromatic carbocycles. The van der Waals surface area contributed by atoms with E-state index >= 15 is 0 Å². The number of halogens is 1. The Bertz CT molecular complexity index is 1110. The van der Waals surface area contributed by atoms with Crippen LogP contribution in [0.2, 0.25) is 0 Å². The molecule has 0 atom stereocenters. The number of amides is 1. The zero-order valence-electron chi connectivity index (χ0n) is 20.7. The number of rotatable bonds is 7. The number of hydrogen-bond donors (Lipinski definition) is 0. The second kappa shape index (κ2) is 11.3. The normalized spacial score (nSPS) is 18.1. The quantitative estimate of drug-likeness (QED) is 0.364. The maximum absolute atomic E-state index is 13.6. The molecule has 0 aromatic heterocycles. The van der Waals surface area contributed by atoms with Gasteiger partial charge in [0, 0.05) is 25.2 Å². The molecule has 184 valence electrons. The first-order chi connectivity index (χ1) is 17.2. The van der Waals surface area contributed by atoms with Gasteiger partial charge in [0.2, 0.25) is 5.91 Å². The molecule has 0 bridgehead atoms. The van der Waals surface area contributed by atoms with Crippen molar-refractivity contribution < 1.29 is 9.18 Å². The maximum atomic E-state index is 13.6. The van der Waals surface area contributed by atoms with Crippen LogP contribution in [0.1, 0.15) is 62.8 Å². The van der Waals surface area contributed by atoms with Gasteiger partial charge in [-0.3, -0.25) is 4.79 Å². The van der Waals surface area contributed by atoms with Gasteiger partial charge in [-0.1, -0.05) is 61.7 Å². The number of fused-ring (bicyclic) bond motifs is 1. The van der Waals surface area contributed by atoms with Gasteiger partial charge in [0.1, 0.15) is 5.82 Å². The molecule has 0 spiro atoms. The van der Waals surface area contributed by atoms with Crippen LogP contribution in [0.4, 0.5) is 10.1 Å². The summed E-state index contributed by atoms with van der Waals surface area (Å²) in [7, 11) is 0. The summed E-state index contributed by atoms with van der Waals surface area (Å²) in [5.74, 6) is 1.02. The third-order valence-corrected chi connectivity index (χ3v) is 8.10. The Balaban J connectivity index is 1.19. The van der Waals surface area contributed by atoms with Crippen LogP contribution >= 0.6 is 0 Å². The number of nitrogens with zero attached hydrogens (tertiary/aromatic N) is 2. The van der Waals surface area contributed by atoms with Crippen LogP contribution in [0.5, 0.6) is 0 Å². The van der Waals surface area contributed by atoms with Gasteiger partial charge in [-0.2, -0.15) is 0 Å². The van der Waals surface area contributed by atoms with E-state index in [1.165, 1.54) is 47.7 Å². The van der Waals surface area contributed by atoms with Crippen LogP contribution < -0.4 is 4.90 Å². The number of likely N-dealkylation sites (tertiary alicyclic amines) is 1. The van der Waals surface area contributed by atoms with Crippen molar-refractivity contribution >= 4 is 22.4 Å². The number of carbonyl (C=O) groups excluding carboxylic acids is 1. The van der Waals surface area contributed by atoms with Crippen molar-refractivity contribution in [3.05, 3.63) is 78.1 Å². The molecule has 5 rings (SSSR count). The van der Waals surface area contributed by atoms with Crippen molar-refractivity contribution in [2.24, 2.45) is 5.92 Å². The molecule has 3 nitrogen and oxygen atoms in total. The highest BCUT2D eigenvalue weighted by Gasteiger charge is 2.25. The van der Waals surface area contributed by atoms with Crippen molar-refractivity contribution in [1.29, 1.82) is 0 Å². The van der Waals surface area contributed by atoms with Gasteiger partial charge in [-0.15, -0.1) is 0 Å². The fraction of sp³-hybridized carbons (Fsp3) is 0.452. The van der Waals surface area contributed by atoms with Gasteiger partial charge in [0.25, 0.3) is 0 Å². The van der Waals surface area contributed by atoms with Crippen LogP contribution in [-0.4, -0.2) is 37.0 Å². The van der Waals surface area contributed by atoms with E-state index in [1.807, 2.05) is 4.90 Å². The van der Waals surface area contributed by atoms with Gasteiger partial charge < -0.3 is 9.80 Å². The van der Waals surface area contributed by atoms with E-state index < -0.39 is 0 Å².